The van der Waals surface area contributed by atoms with Gasteiger partial charge < -0.3 is 9.94 Å². The second kappa shape index (κ2) is 6.96. The van der Waals surface area contributed by atoms with E-state index in [-0.39, 0.29) is 6.10 Å². The molecular formula is C18H25N3O4. The van der Waals surface area contributed by atoms with Gasteiger partial charge >= 0.3 is 6.09 Å². The Morgan fingerprint density at radius 1 is 1.32 bits per heavy atom. The molecule has 0 bridgehead atoms. The summed E-state index contributed by atoms with van der Waals surface area (Å²) in [6.07, 6.45) is 1.65. The van der Waals surface area contributed by atoms with Crippen LogP contribution >= 0.6 is 0 Å². The van der Waals surface area contributed by atoms with E-state index in [2.05, 4.69) is 10.3 Å². The highest BCUT2D eigenvalue weighted by atomic mass is 16.6. The van der Waals surface area contributed by atoms with Crippen molar-refractivity contribution in [3.05, 3.63) is 23.8 Å². The van der Waals surface area contributed by atoms with Crippen LogP contribution in [0, 0.1) is 6.92 Å². The number of amides is 1. The van der Waals surface area contributed by atoms with E-state index >= 15 is 0 Å². The van der Waals surface area contributed by atoms with Crippen molar-refractivity contribution in [2.75, 3.05) is 5.32 Å². The van der Waals surface area contributed by atoms with Crippen LogP contribution in [-0.4, -0.2) is 39.6 Å². The minimum atomic E-state index is -0.576. The summed E-state index contributed by atoms with van der Waals surface area (Å²) in [7, 11) is 0. The smallest absolute Gasteiger partial charge is 0.411 e. The van der Waals surface area contributed by atoms with E-state index in [0.29, 0.717) is 24.2 Å². The first-order valence-corrected chi connectivity index (χ1v) is 8.20. The van der Waals surface area contributed by atoms with Crippen LogP contribution in [0.3, 0.4) is 0 Å². The minimum absolute atomic E-state index is 0.314. The monoisotopic (exact) mass is 347 g/mol. The number of carbonyl (C=O) groups excluding carboxylic acids is 2. The quantitative estimate of drug-likeness (QED) is 0.639. The lowest BCUT2D eigenvalue weighted by atomic mass is 9.80. The fourth-order valence-electron chi connectivity index (χ4n) is 3.42. The van der Waals surface area contributed by atoms with E-state index < -0.39 is 17.2 Å². The van der Waals surface area contributed by atoms with Crippen LogP contribution in [0.5, 0.6) is 0 Å². The molecule has 7 heteroatoms. The molecule has 1 aliphatic rings. The highest BCUT2D eigenvalue weighted by Gasteiger charge is 2.46. The zero-order valence-electron chi connectivity index (χ0n) is 15.3. The van der Waals surface area contributed by atoms with Gasteiger partial charge in [0.2, 0.25) is 6.08 Å². The van der Waals surface area contributed by atoms with Gasteiger partial charge in [-0.3, -0.25) is 5.32 Å². The highest BCUT2D eigenvalue weighted by Crippen LogP contribution is 2.38. The molecule has 0 saturated carbocycles. The van der Waals surface area contributed by atoms with E-state index in [0.717, 1.165) is 5.56 Å². The van der Waals surface area contributed by atoms with Gasteiger partial charge in [-0.1, -0.05) is 6.07 Å². The second-order valence-electron chi connectivity index (χ2n) is 7.70. The first-order valence-electron chi connectivity index (χ1n) is 8.20. The van der Waals surface area contributed by atoms with Gasteiger partial charge in [0.25, 0.3) is 0 Å². The van der Waals surface area contributed by atoms with Crippen molar-refractivity contribution in [2.24, 2.45) is 4.99 Å². The molecule has 0 aliphatic carbocycles. The van der Waals surface area contributed by atoms with E-state index in [1.54, 1.807) is 18.2 Å². The largest absolute Gasteiger partial charge is 0.446 e. The number of benzene rings is 1. The van der Waals surface area contributed by atoms with Crippen molar-refractivity contribution in [2.45, 2.75) is 64.6 Å². The van der Waals surface area contributed by atoms with Crippen LogP contribution in [-0.2, 0) is 9.53 Å². The molecule has 25 heavy (non-hydrogen) atoms. The van der Waals surface area contributed by atoms with Gasteiger partial charge in [-0.2, -0.15) is 10.1 Å². The summed E-state index contributed by atoms with van der Waals surface area (Å²) >= 11 is 0. The summed E-state index contributed by atoms with van der Waals surface area (Å²) in [5.74, 6) is 0. The number of rotatable bonds is 3. The molecule has 0 spiro atoms. The molecule has 2 N–H and O–H groups in total. The standard InChI is InChI=1S/C18H25N3O4/c1-12-6-7-13(8-15(12)19-11-22)20-16(23)25-14-9-17(2,3)21(24)18(4,5)10-14/h6-8,14,24H,9-10H2,1-5H3,(H,20,23). The van der Waals surface area contributed by atoms with Crippen LogP contribution in [0.4, 0.5) is 16.2 Å². The Morgan fingerprint density at radius 3 is 2.48 bits per heavy atom. The number of hydrogen-bond donors (Lipinski definition) is 2. The SMILES string of the molecule is Cc1ccc(NC(=O)OC2CC(C)(C)N(O)C(C)(C)C2)cc1N=C=O. The molecular weight excluding hydrogens is 322 g/mol. The Kier molecular flexibility index (Phi) is 5.32. The predicted molar refractivity (Wildman–Crippen MR) is 93.9 cm³/mol. The van der Waals surface area contributed by atoms with Crippen LogP contribution in [0.1, 0.15) is 46.1 Å². The lowest BCUT2D eigenvalue weighted by molar-refractivity contribution is -0.256. The Bertz CT molecular complexity index is 690. The third-order valence-electron chi connectivity index (χ3n) is 4.50. The van der Waals surface area contributed by atoms with Gasteiger partial charge in [0.1, 0.15) is 6.10 Å². The predicted octanol–water partition coefficient (Wildman–Crippen LogP) is 3.92. The topological polar surface area (TPSA) is 91.2 Å². The maximum atomic E-state index is 12.2. The Hall–Kier alpha value is -2.21. The van der Waals surface area contributed by atoms with Crippen LogP contribution in [0.2, 0.25) is 0 Å². The highest BCUT2D eigenvalue weighted by molar-refractivity contribution is 5.85. The van der Waals surface area contributed by atoms with Crippen molar-refractivity contribution >= 4 is 23.5 Å². The van der Waals surface area contributed by atoms with Crippen molar-refractivity contribution in [3.63, 3.8) is 0 Å². The molecule has 1 amide bonds. The molecule has 0 radical (unpaired) electrons. The number of hydrogen-bond acceptors (Lipinski definition) is 6. The van der Waals surface area contributed by atoms with Gasteiger partial charge in [-0.15, -0.1) is 0 Å². The number of nitrogens with zero attached hydrogens (tertiary/aromatic N) is 2. The summed E-state index contributed by atoms with van der Waals surface area (Å²) in [5.41, 5.74) is 0.748. The number of nitrogens with one attached hydrogen (secondary N) is 1. The Labute approximate surface area is 147 Å². The number of aliphatic imine (C=N–C) groups is 1. The number of anilines is 1. The molecule has 1 aromatic carbocycles. The summed E-state index contributed by atoms with van der Waals surface area (Å²) in [6.45, 7) is 9.44. The number of isocyanates is 1. The fourth-order valence-corrected chi connectivity index (χ4v) is 3.42. The van der Waals surface area contributed by atoms with Gasteiger partial charge in [-0.05, 0) is 52.3 Å². The maximum Gasteiger partial charge on any atom is 0.411 e. The van der Waals surface area contributed by atoms with E-state index in [1.165, 1.54) is 11.1 Å². The average molecular weight is 347 g/mol. The fraction of sp³-hybridized carbons (Fsp3) is 0.556. The van der Waals surface area contributed by atoms with Crippen molar-refractivity contribution < 1.29 is 19.5 Å². The number of ether oxygens (including phenoxy) is 1. The van der Waals surface area contributed by atoms with Gasteiger partial charge in [0.15, 0.2) is 0 Å². The first-order chi connectivity index (χ1) is 11.5. The second-order valence-corrected chi connectivity index (χ2v) is 7.70. The molecule has 1 aromatic rings. The van der Waals surface area contributed by atoms with E-state index in [9.17, 15) is 14.8 Å². The number of hydroxylamine groups is 2. The van der Waals surface area contributed by atoms with Crippen molar-refractivity contribution in [1.29, 1.82) is 0 Å². The van der Waals surface area contributed by atoms with Crippen LogP contribution in [0.15, 0.2) is 23.2 Å². The molecule has 0 unspecified atom stereocenters. The molecule has 0 atom stereocenters. The van der Waals surface area contributed by atoms with E-state index in [1.807, 2.05) is 34.6 Å². The summed E-state index contributed by atoms with van der Waals surface area (Å²) in [5, 5.41) is 14.3. The summed E-state index contributed by atoms with van der Waals surface area (Å²) < 4.78 is 5.55. The molecule has 1 aliphatic heterocycles. The van der Waals surface area contributed by atoms with Crippen molar-refractivity contribution in [1.82, 2.24) is 5.06 Å². The lowest BCUT2D eigenvalue weighted by Crippen LogP contribution is -2.60. The van der Waals surface area contributed by atoms with Gasteiger partial charge in [-0.25, -0.2) is 9.59 Å². The normalized spacial score (nSPS) is 19.8. The van der Waals surface area contributed by atoms with E-state index in [4.69, 9.17) is 4.74 Å². The molecule has 1 saturated heterocycles. The van der Waals surface area contributed by atoms with Crippen LogP contribution < -0.4 is 5.32 Å². The molecule has 7 nitrogen and oxygen atoms in total. The molecule has 0 aromatic heterocycles. The number of carbonyl (C=O) groups is 1. The third kappa shape index (κ3) is 4.45. The average Bonchev–Trinajstić information content (AvgIpc) is 2.47. The zero-order valence-corrected chi connectivity index (χ0v) is 15.3. The summed E-state index contributed by atoms with van der Waals surface area (Å²) in [4.78, 5) is 26.3. The zero-order chi connectivity index (χ0) is 18.8. The Balaban J connectivity index is 2.05. The third-order valence-corrected chi connectivity index (χ3v) is 4.50. The number of aryl methyl sites for hydroxylation is 1. The minimum Gasteiger partial charge on any atom is -0.446 e. The van der Waals surface area contributed by atoms with Gasteiger partial charge in [0.05, 0.1) is 5.69 Å². The first kappa shape index (κ1) is 19.1. The van der Waals surface area contributed by atoms with Crippen molar-refractivity contribution in [3.8, 4) is 0 Å². The maximum absolute atomic E-state index is 12.2. The molecule has 2 rings (SSSR count). The summed E-state index contributed by atoms with van der Waals surface area (Å²) in [6, 6.07) is 5.05. The van der Waals surface area contributed by atoms with Crippen LogP contribution in [0.25, 0.3) is 0 Å². The molecule has 1 heterocycles. The van der Waals surface area contributed by atoms with Gasteiger partial charge in [0, 0.05) is 29.6 Å². The molecule has 136 valence electrons. The number of piperidine rings is 1. The lowest BCUT2D eigenvalue weighted by Gasteiger charge is -2.50. The molecule has 1 fully saturated rings. The Morgan fingerprint density at radius 2 is 1.92 bits per heavy atom.